The summed E-state index contributed by atoms with van der Waals surface area (Å²) in [5.41, 5.74) is 3.43. The topological polar surface area (TPSA) is 12.0 Å². The normalized spacial score (nSPS) is 10.4. The maximum Gasteiger partial charge on any atom is 0.0422 e. The van der Waals surface area contributed by atoms with Crippen LogP contribution in [-0.2, 0) is 0 Å². The van der Waals surface area contributed by atoms with Gasteiger partial charge in [-0.25, -0.2) is 0 Å². The van der Waals surface area contributed by atoms with E-state index in [4.69, 9.17) is 0 Å². The van der Waals surface area contributed by atoms with Crippen LogP contribution in [0.4, 0.5) is 5.69 Å². The zero-order chi connectivity index (χ0) is 13.8. The summed E-state index contributed by atoms with van der Waals surface area (Å²) in [5, 5.41) is 5.99. The number of hydrogen-bond donors (Lipinski definition) is 1. The third kappa shape index (κ3) is 2.57. The minimum absolute atomic E-state index is 0.748. The van der Waals surface area contributed by atoms with Crippen LogP contribution in [0.2, 0.25) is 0 Å². The van der Waals surface area contributed by atoms with Crippen LogP contribution in [0.1, 0.15) is 5.56 Å². The van der Waals surface area contributed by atoms with Gasteiger partial charge in [0.2, 0.25) is 0 Å². The average Bonchev–Trinajstić information content (AvgIpc) is 2.53. The van der Waals surface area contributed by atoms with E-state index in [2.05, 4.69) is 66.5 Å². The van der Waals surface area contributed by atoms with Crippen molar-refractivity contribution in [3.63, 3.8) is 0 Å². The maximum absolute atomic E-state index is 4.16. The Kier molecular flexibility index (Phi) is 3.51. The quantitative estimate of drug-likeness (QED) is 0.698. The molecule has 0 aliphatic heterocycles. The van der Waals surface area contributed by atoms with E-state index < -0.39 is 0 Å². The van der Waals surface area contributed by atoms with E-state index in [0.29, 0.717) is 0 Å². The second kappa shape index (κ2) is 5.62. The van der Waals surface area contributed by atoms with Gasteiger partial charge in [0.15, 0.2) is 0 Å². The number of fused-ring (bicyclic) bond motifs is 1. The Bertz CT molecular complexity index is 724. The third-order valence-corrected chi connectivity index (χ3v) is 3.46. The Balaban J connectivity index is 1.79. The molecule has 3 rings (SSSR count). The molecule has 0 fully saturated rings. The molecule has 0 spiro atoms. The highest BCUT2D eigenvalue weighted by molar-refractivity contribution is 5.94. The Labute approximate surface area is 119 Å². The Morgan fingerprint density at radius 1 is 0.800 bits per heavy atom. The van der Waals surface area contributed by atoms with Crippen molar-refractivity contribution in [3.8, 4) is 0 Å². The predicted octanol–water partition coefficient (Wildman–Crippen LogP) is 4.97. The van der Waals surface area contributed by atoms with Gasteiger partial charge in [-0.3, -0.25) is 0 Å². The minimum Gasteiger partial charge on any atom is -0.380 e. The van der Waals surface area contributed by atoms with Gasteiger partial charge in [-0.05, 0) is 22.6 Å². The molecule has 0 aliphatic carbocycles. The minimum atomic E-state index is 0.748. The SMILES string of the molecule is C=C(CNc1cccc2ccccc12)c1ccccc1. The van der Waals surface area contributed by atoms with Crippen LogP contribution in [0.3, 0.4) is 0 Å². The molecular formula is C19H17N. The van der Waals surface area contributed by atoms with Crippen LogP contribution >= 0.6 is 0 Å². The molecule has 0 unspecified atom stereocenters. The Morgan fingerprint density at radius 2 is 1.50 bits per heavy atom. The molecule has 1 heteroatoms. The van der Waals surface area contributed by atoms with Gasteiger partial charge in [0, 0.05) is 17.6 Å². The summed E-state index contributed by atoms with van der Waals surface area (Å²) in [4.78, 5) is 0. The van der Waals surface area contributed by atoms with Gasteiger partial charge in [-0.1, -0.05) is 73.3 Å². The lowest BCUT2D eigenvalue weighted by Gasteiger charge is -2.11. The van der Waals surface area contributed by atoms with Gasteiger partial charge >= 0.3 is 0 Å². The van der Waals surface area contributed by atoms with Crippen LogP contribution in [0.5, 0.6) is 0 Å². The van der Waals surface area contributed by atoms with Gasteiger partial charge in [0.1, 0.15) is 0 Å². The molecule has 20 heavy (non-hydrogen) atoms. The lowest BCUT2D eigenvalue weighted by molar-refractivity contribution is 1.36. The summed E-state index contributed by atoms with van der Waals surface area (Å²) >= 11 is 0. The van der Waals surface area contributed by atoms with Gasteiger partial charge in [0.25, 0.3) is 0 Å². The fourth-order valence-corrected chi connectivity index (χ4v) is 2.36. The summed E-state index contributed by atoms with van der Waals surface area (Å²) < 4.78 is 0. The maximum atomic E-state index is 4.16. The Hall–Kier alpha value is -2.54. The number of nitrogens with one attached hydrogen (secondary N) is 1. The van der Waals surface area contributed by atoms with Crippen molar-refractivity contribution >= 4 is 22.0 Å². The van der Waals surface area contributed by atoms with E-state index in [-0.39, 0.29) is 0 Å². The molecule has 0 saturated carbocycles. The first kappa shape index (κ1) is 12.5. The first-order valence-electron chi connectivity index (χ1n) is 6.79. The standard InChI is InChI=1S/C19H17N/c1-15(16-8-3-2-4-9-16)14-20-19-13-7-11-17-10-5-6-12-18(17)19/h2-13,20H,1,14H2. The average molecular weight is 259 g/mol. The molecule has 1 nitrogen and oxygen atoms in total. The number of hydrogen-bond acceptors (Lipinski definition) is 1. The molecule has 0 aliphatic rings. The highest BCUT2D eigenvalue weighted by Crippen LogP contribution is 2.23. The van der Waals surface area contributed by atoms with E-state index >= 15 is 0 Å². The third-order valence-electron chi connectivity index (χ3n) is 3.46. The van der Waals surface area contributed by atoms with E-state index in [9.17, 15) is 0 Å². The van der Waals surface area contributed by atoms with Crippen LogP contribution in [0.25, 0.3) is 16.3 Å². The van der Waals surface area contributed by atoms with Crippen molar-refractivity contribution in [2.45, 2.75) is 0 Å². The van der Waals surface area contributed by atoms with Crippen LogP contribution in [-0.4, -0.2) is 6.54 Å². The molecule has 0 aromatic heterocycles. The highest BCUT2D eigenvalue weighted by Gasteiger charge is 2.01. The molecule has 0 heterocycles. The summed E-state index contributed by atoms with van der Waals surface area (Å²) in [5.74, 6) is 0. The van der Waals surface area contributed by atoms with Gasteiger partial charge < -0.3 is 5.32 Å². The highest BCUT2D eigenvalue weighted by atomic mass is 14.9. The van der Waals surface area contributed by atoms with Crippen LogP contribution in [0.15, 0.2) is 79.4 Å². The van der Waals surface area contributed by atoms with Gasteiger partial charge in [-0.2, -0.15) is 0 Å². The van der Waals surface area contributed by atoms with E-state index in [1.54, 1.807) is 0 Å². The van der Waals surface area contributed by atoms with E-state index in [1.807, 2.05) is 18.2 Å². The lowest BCUT2D eigenvalue weighted by Crippen LogP contribution is -2.03. The number of rotatable bonds is 4. The summed E-state index contributed by atoms with van der Waals surface area (Å²) in [6.45, 7) is 4.91. The molecule has 0 saturated heterocycles. The smallest absolute Gasteiger partial charge is 0.0422 e. The van der Waals surface area contributed by atoms with Crippen molar-refractivity contribution in [1.82, 2.24) is 0 Å². The fourth-order valence-electron chi connectivity index (χ4n) is 2.36. The largest absolute Gasteiger partial charge is 0.380 e. The van der Waals surface area contributed by atoms with Gasteiger partial charge in [-0.15, -0.1) is 0 Å². The monoisotopic (exact) mass is 259 g/mol. The molecule has 3 aromatic carbocycles. The molecule has 98 valence electrons. The molecule has 3 aromatic rings. The second-order valence-electron chi connectivity index (χ2n) is 4.85. The van der Waals surface area contributed by atoms with Crippen LogP contribution < -0.4 is 5.32 Å². The second-order valence-corrected chi connectivity index (χ2v) is 4.85. The zero-order valence-electron chi connectivity index (χ0n) is 11.3. The predicted molar refractivity (Wildman–Crippen MR) is 87.9 cm³/mol. The van der Waals surface area contributed by atoms with Gasteiger partial charge in [0.05, 0.1) is 0 Å². The van der Waals surface area contributed by atoms with Crippen molar-refractivity contribution < 1.29 is 0 Å². The van der Waals surface area contributed by atoms with Crippen LogP contribution in [0, 0.1) is 0 Å². The first-order valence-corrected chi connectivity index (χ1v) is 6.79. The molecular weight excluding hydrogens is 242 g/mol. The van der Waals surface area contributed by atoms with Crippen molar-refractivity contribution in [2.24, 2.45) is 0 Å². The lowest BCUT2D eigenvalue weighted by atomic mass is 10.1. The van der Waals surface area contributed by atoms with E-state index in [1.165, 1.54) is 16.3 Å². The van der Waals surface area contributed by atoms with Crippen molar-refractivity contribution in [2.75, 3.05) is 11.9 Å². The van der Waals surface area contributed by atoms with Crippen molar-refractivity contribution in [3.05, 3.63) is 84.9 Å². The molecule has 0 radical (unpaired) electrons. The molecule has 0 amide bonds. The number of anilines is 1. The number of benzene rings is 3. The summed E-state index contributed by atoms with van der Waals surface area (Å²) in [7, 11) is 0. The zero-order valence-corrected chi connectivity index (χ0v) is 11.3. The van der Waals surface area contributed by atoms with E-state index in [0.717, 1.165) is 17.8 Å². The fraction of sp³-hybridized carbons (Fsp3) is 0.0526. The molecule has 1 N–H and O–H groups in total. The molecule has 0 atom stereocenters. The van der Waals surface area contributed by atoms with Crippen molar-refractivity contribution in [1.29, 1.82) is 0 Å². The summed E-state index contributed by atoms with van der Waals surface area (Å²) in [6, 6.07) is 25.0. The molecule has 0 bridgehead atoms. The first-order chi connectivity index (χ1) is 9.84. The summed E-state index contributed by atoms with van der Waals surface area (Å²) in [6.07, 6.45) is 0. The Morgan fingerprint density at radius 3 is 2.35 bits per heavy atom.